The molecule has 23 heavy (non-hydrogen) atoms. The molecule has 7 unspecified atom stereocenters. The summed E-state index contributed by atoms with van der Waals surface area (Å²) in [4.78, 5) is 24.4. The molecule has 4 nitrogen and oxygen atoms in total. The van der Waals surface area contributed by atoms with Crippen LogP contribution in [0.5, 0.6) is 0 Å². The second kappa shape index (κ2) is 4.61. The number of hydrogen-bond donors (Lipinski definition) is 1. The van der Waals surface area contributed by atoms with Gasteiger partial charge in [0.25, 0.3) is 0 Å². The highest BCUT2D eigenvalue weighted by molar-refractivity contribution is 5.83. The highest BCUT2D eigenvalue weighted by Crippen LogP contribution is 2.66. The number of ether oxygens (including phenoxy) is 1. The Balaban J connectivity index is 1.53. The molecule has 0 aliphatic heterocycles. The SMILES string of the molecule is CC1(C)C2CCC1(C)C(OC(=O)C1C3C=CC(C3)C1C(=O)O)C2. The summed E-state index contributed by atoms with van der Waals surface area (Å²) < 4.78 is 5.96. The Kier molecular flexibility index (Phi) is 3.05. The van der Waals surface area contributed by atoms with Gasteiger partial charge in [0.15, 0.2) is 0 Å². The third-order valence-corrected chi connectivity index (χ3v) is 7.99. The van der Waals surface area contributed by atoms with Crippen LogP contribution in [0.4, 0.5) is 0 Å². The van der Waals surface area contributed by atoms with Crippen LogP contribution in [-0.4, -0.2) is 23.1 Å². The number of esters is 1. The third-order valence-electron chi connectivity index (χ3n) is 7.99. The Labute approximate surface area is 137 Å². The number of allylic oxidation sites excluding steroid dienone is 2. The summed E-state index contributed by atoms with van der Waals surface area (Å²) in [6.07, 6.45) is 7.96. The monoisotopic (exact) mass is 318 g/mol. The average molecular weight is 318 g/mol. The maximum Gasteiger partial charge on any atom is 0.310 e. The smallest absolute Gasteiger partial charge is 0.310 e. The van der Waals surface area contributed by atoms with Crippen molar-refractivity contribution in [2.45, 2.75) is 52.6 Å². The Morgan fingerprint density at radius 3 is 2.26 bits per heavy atom. The van der Waals surface area contributed by atoms with E-state index in [-0.39, 0.29) is 34.7 Å². The zero-order valence-electron chi connectivity index (χ0n) is 14.1. The molecule has 0 amide bonds. The van der Waals surface area contributed by atoms with E-state index in [1.165, 1.54) is 6.42 Å². The van der Waals surface area contributed by atoms with E-state index in [1.807, 2.05) is 12.2 Å². The normalized spacial score (nSPS) is 48.8. The third kappa shape index (κ3) is 1.84. The first kappa shape index (κ1) is 15.2. The van der Waals surface area contributed by atoms with Crippen LogP contribution in [0, 0.1) is 40.4 Å². The van der Waals surface area contributed by atoms with Crippen LogP contribution in [0.2, 0.25) is 0 Å². The molecule has 0 aromatic carbocycles. The van der Waals surface area contributed by atoms with Crippen LogP contribution in [-0.2, 0) is 14.3 Å². The fourth-order valence-corrected chi connectivity index (χ4v) is 6.01. The van der Waals surface area contributed by atoms with Crippen LogP contribution >= 0.6 is 0 Å². The molecule has 3 saturated carbocycles. The van der Waals surface area contributed by atoms with Crippen molar-refractivity contribution in [2.24, 2.45) is 40.4 Å². The number of carbonyl (C=O) groups is 2. The Morgan fingerprint density at radius 2 is 1.74 bits per heavy atom. The van der Waals surface area contributed by atoms with E-state index in [4.69, 9.17) is 4.74 Å². The van der Waals surface area contributed by atoms with Crippen molar-refractivity contribution >= 4 is 11.9 Å². The molecule has 0 spiro atoms. The molecule has 4 heteroatoms. The minimum Gasteiger partial charge on any atom is -0.481 e. The fourth-order valence-electron chi connectivity index (χ4n) is 6.01. The lowest BCUT2D eigenvalue weighted by Gasteiger charge is -2.39. The zero-order valence-corrected chi connectivity index (χ0v) is 14.1. The Morgan fingerprint density at radius 1 is 1.09 bits per heavy atom. The van der Waals surface area contributed by atoms with E-state index in [0.717, 1.165) is 19.3 Å². The van der Waals surface area contributed by atoms with Gasteiger partial charge in [0.1, 0.15) is 6.10 Å². The summed E-state index contributed by atoms with van der Waals surface area (Å²) in [6, 6.07) is 0. The van der Waals surface area contributed by atoms with Crippen molar-refractivity contribution in [2.75, 3.05) is 0 Å². The van der Waals surface area contributed by atoms with Crippen LogP contribution in [0.25, 0.3) is 0 Å². The molecule has 126 valence electrons. The first-order valence-electron chi connectivity index (χ1n) is 8.87. The highest BCUT2D eigenvalue weighted by Gasteiger charge is 2.63. The average Bonchev–Trinajstić information content (AvgIpc) is 3.17. The van der Waals surface area contributed by atoms with Crippen LogP contribution < -0.4 is 0 Å². The molecular weight excluding hydrogens is 292 g/mol. The van der Waals surface area contributed by atoms with Gasteiger partial charge in [-0.15, -0.1) is 0 Å². The lowest BCUT2D eigenvalue weighted by atomic mass is 9.70. The maximum atomic E-state index is 12.8. The Hall–Kier alpha value is -1.32. The molecule has 1 N–H and O–H groups in total. The molecule has 4 rings (SSSR count). The van der Waals surface area contributed by atoms with Gasteiger partial charge in [-0.3, -0.25) is 9.59 Å². The molecular formula is C19H26O4. The van der Waals surface area contributed by atoms with Gasteiger partial charge in [0, 0.05) is 5.41 Å². The van der Waals surface area contributed by atoms with Crippen molar-refractivity contribution in [1.29, 1.82) is 0 Å². The van der Waals surface area contributed by atoms with Crippen LogP contribution in [0.15, 0.2) is 12.2 Å². The van der Waals surface area contributed by atoms with Gasteiger partial charge in [-0.2, -0.15) is 0 Å². The second-order valence-electron chi connectivity index (χ2n) is 8.87. The first-order valence-corrected chi connectivity index (χ1v) is 8.87. The molecule has 4 bridgehead atoms. The van der Waals surface area contributed by atoms with Crippen molar-refractivity contribution in [3.8, 4) is 0 Å². The lowest BCUT2D eigenvalue weighted by molar-refractivity contribution is -0.168. The summed E-state index contributed by atoms with van der Waals surface area (Å²) in [5.41, 5.74) is 0.220. The number of carbonyl (C=O) groups excluding carboxylic acids is 1. The zero-order chi connectivity index (χ0) is 16.6. The quantitative estimate of drug-likeness (QED) is 0.641. The summed E-state index contributed by atoms with van der Waals surface area (Å²) >= 11 is 0. The van der Waals surface area contributed by atoms with Crippen molar-refractivity contribution in [1.82, 2.24) is 0 Å². The highest BCUT2D eigenvalue weighted by atomic mass is 16.5. The van der Waals surface area contributed by atoms with Gasteiger partial charge in [0.05, 0.1) is 11.8 Å². The predicted octanol–water partition coefficient (Wildman–Crippen LogP) is 3.27. The summed E-state index contributed by atoms with van der Waals surface area (Å²) in [5, 5.41) is 9.51. The number of carboxylic acid groups (broad SMARTS) is 1. The van der Waals surface area contributed by atoms with E-state index in [2.05, 4.69) is 20.8 Å². The Bertz CT molecular complexity index is 592. The van der Waals surface area contributed by atoms with E-state index < -0.39 is 17.8 Å². The van der Waals surface area contributed by atoms with Gasteiger partial charge in [0.2, 0.25) is 0 Å². The molecule has 0 aromatic rings. The predicted molar refractivity (Wildman–Crippen MR) is 84.5 cm³/mol. The molecule has 0 heterocycles. The van der Waals surface area contributed by atoms with Gasteiger partial charge < -0.3 is 9.84 Å². The van der Waals surface area contributed by atoms with E-state index in [1.54, 1.807) is 0 Å². The second-order valence-corrected chi connectivity index (χ2v) is 8.87. The molecule has 0 aromatic heterocycles. The minimum atomic E-state index is -0.858. The number of fused-ring (bicyclic) bond motifs is 4. The maximum absolute atomic E-state index is 12.8. The van der Waals surface area contributed by atoms with E-state index in [0.29, 0.717) is 5.92 Å². The molecule has 4 aliphatic rings. The topological polar surface area (TPSA) is 63.6 Å². The van der Waals surface area contributed by atoms with Gasteiger partial charge >= 0.3 is 11.9 Å². The molecule has 3 fully saturated rings. The number of aliphatic carboxylic acids is 1. The van der Waals surface area contributed by atoms with Crippen LogP contribution in [0.3, 0.4) is 0 Å². The minimum absolute atomic E-state index is 0.00195. The summed E-state index contributed by atoms with van der Waals surface area (Å²) in [5.74, 6) is -1.56. The van der Waals surface area contributed by atoms with Crippen molar-refractivity contribution in [3.63, 3.8) is 0 Å². The summed E-state index contributed by atoms with van der Waals surface area (Å²) in [6.45, 7) is 6.82. The molecule has 0 saturated heterocycles. The largest absolute Gasteiger partial charge is 0.481 e. The van der Waals surface area contributed by atoms with Gasteiger partial charge in [-0.1, -0.05) is 32.9 Å². The first-order chi connectivity index (χ1) is 10.8. The van der Waals surface area contributed by atoms with Crippen molar-refractivity contribution < 1.29 is 19.4 Å². The standard InChI is InChI=1S/C19H26O4/c1-18(2)12-6-7-19(18,3)13(9-12)23-17(22)15-11-5-4-10(8-11)14(15)16(20)21/h4-5,10-15H,6-9H2,1-3H3,(H,20,21). The number of rotatable bonds is 3. The van der Waals surface area contributed by atoms with Crippen molar-refractivity contribution in [3.05, 3.63) is 12.2 Å². The molecule has 4 aliphatic carbocycles. The lowest BCUT2D eigenvalue weighted by Crippen LogP contribution is -2.41. The molecule has 7 atom stereocenters. The number of carboxylic acids is 1. The van der Waals surface area contributed by atoms with Gasteiger partial charge in [-0.25, -0.2) is 0 Å². The molecule has 0 radical (unpaired) electrons. The van der Waals surface area contributed by atoms with Crippen LogP contribution in [0.1, 0.15) is 46.5 Å². The van der Waals surface area contributed by atoms with E-state index >= 15 is 0 Å². The number of hydrogen-bond acceptors (Lipinski definition) is 3. The fraction of sp³-hybridized carbons (Fsp3) is 0.789. The van der Waals surface area contributed by atoms with E-state index in [9.17, 15) is 14.7 Å². The summed E-state index contributed by atoms with van der Waals surface area (Å²) in [7, 11) is 0. The van der Waals surface area contributed by atoms with Gasteiger partial charge in [-0.05, 0) is 48.9 Å².